The Kier molecular flexibility index (Phi) is 5.88. The van der Waals surface area contributed by atoms with Crippen molar-refractivity contribution in [2.45, 2.75) is 31.6 Å². The fraction of sp³-hybridized carbons (Fsp3) is 0.318. The zero-order valence-corrected chi connectivity index (χ0v) is 18.2. The molecule has 1 aliphatic rings. The lowest BCUT2D eigenvalue weighted by atomic mass is 9.99. The smallest absolute Gasteiger partial charge is 0.322 e. The van der Waals surface area contributed by atoms with Crippen LogP contribution in [0.3, 0.4) is 0 Å². The number of hydrogen-bond acceptors (Lipinski definition) is 6. The van der Waals surface area contributed by atoms with Crippen LogP contribution in [-0.2, 0) is 14.8 Å². The highest BCUT2D eigenvalue weighted by molar-refractivity contribution is 7.89. The van der Waals surface area contributed by atoms with Gasteiger partial charge < -0.3 is 4.42 Å². The summed E-state index contributed by atoms with van der Waals surface area (Å²) in [6, 6.07) is 14.2. The molecule has 4 rings (SSSR count). The average molecular weight is 441 g/mol. The summed E-state index contributed by atoms with van der Waals surface area (Å²) in [6.45, 7) is 4.46. The van der Waals surface area contributed by atoms with Crippen LogP contribution in [-0.4, -0.2) is 41.9 Å². The molecule has 1 amide bonds. The number of anilines is 1. The Bertz CT molecular complexity index is 1170. The van der Waals surface area contributed by atoms with Crippen molar-refractivity contribution in [3.05, 3.63) is 59.7 Å². The van der Waals surface area contributed by atoms with Gasteiger partial charge in [-0.25, -0.2) is 8.42 Å². The Morgan fingerprint density at radius 1 is 1.10 bits per heavy atom. The van der Waals surface area contributed by atoms with Gasteiger partial charge in [0, 0.05) is 18.7 Å². The highest BCUT2D eigenvalue weighted by Gasteiger charge is 2.33. The van der Waals surface area contributed by atoms with Gasteiger partial charge in [-0.15, -0.1) is 5.10 Å². The zero-order chi connectivity index (χ0) is 22.0. The second kappa shape index (κ2) is 8.60. The normalized spacial score (nSPS) is 17.4. The minimum atomic E-state index is -3.64. The van der Waals surface area contributed by atoms with Crippen LogP contribution in [0.1, 0.15) is 24.0 Å². The predicted octanol–water partition coefficient (Wildman–Crippen LogP) is 3.39. The van der Waals surface area contributed by atoms with Gasteiger partial charge in [-0.2, -0.15) is 4.31 Å². The van der Waals surface area contributed by atoms with Crippen LogP contribution >= 0.6 is 0 Å². The summed E-state index contributed by atoms with van der Waals surface area (Å²) in [4.78, 5) is 13.0. The van der Waals surface area contributed by atoms with E-state index in [0.29, 0.717) is 25.3 Å². The van der Waals surface area contributed by atoms with E-state index in [1.165, 1.54) is 4.31 Å². The van der Waals surface area contributed by atoms with Crippen molar-refractivity contribution in [3.63, 3.8) is 0 Å². The monoisotopic (exact) mass is 440 g/mol. The number of benzene rings is 2. The highest BCUT2D eigenvalue weighted by Crippen LogP contribution is 2.26. The van der Waals surface area contributed by atoms with Gasteiger partial charge in [-0.1, -0.05) is 40.5 Å². The number of carbonyl (C=O) groups is 1. The molecule has 0 aliphatic carbocycles. The van der Waals surface area contributed by atoms with E-state index in [-0.39, 0.29) is 23.4 Å². The molecule has 0 saturated carbocycles. The van der Waals surface area contributed by atoms with Crippen molar-refractivity contribution in [1.82, 2.24) is 14.5 Å². The summed E-state index contributed by atoms with van der Waals surface area (Å²) < 4.78 is 32.7. The number of nitrogens with one attached hydrogen (secondary N) is 1. The number of aromatic nitrogens is 2. The van der Waals surface area contributed by atoms with E-state index < -0.39 is 15.9 Å². The maximum Gasteiger partial charge on any atom is 0.322 e. The van der Waals surface area contributed by atoms with E-state index in [1.807, 2.05) is 32.0 Å². The first kappa shape index (κ1) is 21.2. The van der Waals surface area contributed by atoms with E-state index in [1.54, 1.807) is 30.3 Å². The van der Waals surface area contributed by atoms with Crippen LogP contribution in [0.15, 0.2) is 57.8 Å². The summed E-state index contributed by atoms with van der Waals surface area (Å²) >= 11 is 0. The van der Waals surface area contributed by atoms with Crippen molar-refractivity contribution in [2.24, 2.45) is 5.92 Å². The van der Waals surface area contributed by atoms with Gasteiger partial charge in [0.15, 0.2) is 0 Å². The third-order valence-corrected chi connectivity index (χ3v) is 7.14. The SMILES string of the molecule is Cc1cc(C)cc(-c2nnc(NC(=O)C3CCCN(S(=O)(=O)c4ccccc4)C3)o2)c1. The molecule has 1 atom stereocenters. The first-order chi connectivity index (χ1) is 14.8. The maximum absolute atomic E-state index is 12.9. The third-order valence-electron chi connectivity index (χ3n) is 5.26. The van der Waals surface area contributed by atoms with Gasteiger partial charge in [0.05, 0.1) is 10.8 Å². The molecule has 1 aliphatic heterocycles. The molecule has 1 N–H and O–H groups in total. The number of hydrogen-bond donors (Lipinski definition) is 1. The molecule has 162 valence electrons. The fourth-order valence-electron chi connectivity index (χ4n) is 3.81. The average Bonchev–Trinajstić information content (AvgIpc) is 3.22. The molecule has 1 saturated heterocycles. The first-order valence-corrected chi connectivity index (χ1v) is 11.6. The van der Waals surface area contributed by atoms with Gasteiger partial charge in [-0.3, -0.25) is 10.1 Å². The van der Waals surface area contributed by atoms with Crippen molar-refractivity contribution in [3.8, 4) is 11.5 Å². The molecule has 9 heteroatoms. The van der Waals surface area contributed by atoms with E-state index in [4.69, 9.17) is 4.42 Å². The Hall–Kier alpha value is -3.04. The van der Waals surface area contributed by atoms with Crippen LogP contribution in [0.2, 0.25) is 0 Å². The molecule has 2 heterocycles. The second-order valence-electron chi connectivity index (χ2n) is 7.79. The Morgan fingerprint density at radius 3 is 2.52 bits per heavy atom. The van der Waals surface area contributed by atoms with Crippen LogP contribution < -0.4 is 5.32 Å². The molecule has 1 fully saturated rings. The number of piperidine rings is 1. The minimum Gasteiger partial charge on any atom is -0.403 e. The van der Waals surface area contributed by atoms with Gasteiger partial charge in [0.1, 0.15) is 0 Å². The molecule has 0 radical (unpaired) electrons. The fourth-order valence-corrected chi connectivity index (χ4v) is 5.36. The lowest BCUT2D eigenvalue weighted by molar-refractivity contribution is -0.121. The van der Waals surface area contributed by atoms with Crippen molar-refractivity contribution < 1.29 is 17.6 Å². The summed E-state index contributed by atoms with van der Waals surface area (Å²) in [6.07, 6.45) is 1.19. The molecule has 1 aromatic heterocycles. The minimum absolute atomic E-state index is 0.00204. The maximum atomic E-state index is 12.9. The van der Waals surface area contributed by atoms with Gasteiger partial charge in [-0.05, 0) is 51.0 Å². The molecule has 31 heavy (non-hydrogen) atoms. The van der Waals surface area contributed by atoms with Crippen molar-refractivity contribution in [2.75, 3.05) is 18.4 Å². The van der Waals surface area contributed by atoms with Crippen LogP contribution in [0, 0.1) is 19.8 Å². The van der Waals surface area contributed by atoms with Crippen molar-refractivity contribution in [1.29, 1.82) is 0 Å². The number of aryl methyl sites for hydroxylation is 2. The molecule has 2 aromatic carbocycles. The van der Waals surface area contributed by atoms with E-state index in [9.17, 15) is 13.2 Å². The molecule has 1 unspecified atom stereocenters. The number of rotatable bonds is 5. The quantitative estimate of drug-likeness (QED) is 0.652. The molecular weight excluding hydrogens is 416 g/mol. The Balaban J connectivity index is 1.45. The lowest BCUT2D eigenvalue weighted by Gasteiger charge is -2.30. The molecule has 0 spiro atoms. The Labute approximate surface area is 181 Å². The van der Waals surface area contributed by atoms with E-state index in [2.05, 4.69) is 15.5 Å². The molecular formula is C22H24N4O4S. The zero-order valence-electron chi connectivity index (χ0n) is 17.4. The second-order valence-corrected chi connectivity index (χ2v) is 9.73. The molecule has 0 bridgehead atoms. The molecule has 3 aromatic rings. The summed E-state index contributed by atoms with van der Waals surface area (Å²) in [5, 5.41) is 10.6. The van der Waals surface area contributed by atoms with E-state index in [0.717, 1.165) is 16.7 Å². The number of sulfonamides is 1. The van der Waals surface area contributed by atoms with Crippen LogP contribution in [0.4, 0.5) is 6.01 Å². The third kappa shape index (κ3) is 4.67. The highest BCUT2D eigenvalue weighted by atomic mass is 32.2. The van der Waals surface area contributed by atoms with Gasteiger partial charge >= 0.3 is 6.01 Å². The van der Waals surface area contributed by atoms with Gasteiger partial charge in [0.25, 0.3) is 0 Å². The predicted molar refractivity (Wildman–Crippen MR) is 116 cm³/mol. The topological polar surface area (TPSA) is 105 Å². The summed E-state index contributed by atoms with van der Waals surface area (Å²) in [5.41, 5.74) is 2.92. The van der Waals surface area contributed by atoms with Crippen molar-refractivity contribution >= 4 is 21.9 Å². The number of nitrogens with zero attached hydrogens (tertiary/aromatic N) is 3. The molecule has 8 nitrogen and oxygen atoms in total. The summed E-state index contributed by atoms with van der Waals surface area (Å²) in [5.74, 6) is -0.508. The first-order valence-electron chi connectivity index (χ1n) is 10.1. The number of amides is 1. The number of carbonyl (C=O) groups excluding carboxylic acids is 1. The Morgan fingerprint density at radius 2 is 1.81 bits per heavy atom. The summed E-state index contributed by atoms with van der Waals surface area (Å²) in [7, 11) is -3.64. The van der Waals surface area contributed by atoms with Crippen LogP contribution in [0.5, 0.6) is 0 Å². The largest absolute Gasteiger partial charge is 0.403 e. The lowest BCUT2D eigenvalue weighted by Crippen LogP contribution is -2.43. The van der Waals surface area contributed by atoms with E-state index >= 15 is 0 Å². The van der Waals surface area contributed by atoms with Crippen LogP contribution in [0.25, 0.3) is 11.5 Å². The standard InChI is InChI=1S/C22H24N4O4S/c1-15-11-16(2)13-18(12-15)21-24-25-22(30-21)23-20(27)17-7-6-10-26(14-17)31(28,29)19-8-4-3-5-9-19/h3-5,8-9,11-13,17H,6-7,10,14H2,1-2H3,(H,23,25,27). The van der Waals surface area contributed by atoms with Gasteiger partial charge in [0.2, 0.25) is 21.8 Å².